The van der Waals surface area contributed by atoms with Crippen LogP contribution >= 0.6 is 0 Å². The van der Waals surface area contributed by atoms with Crippen LogP contribution in [0.15, 0.2) is 35.0 Å². The van der Waals surface area contributed by atoms with Gasteiger partial charge in [0.15, 0.2) is 0 Å². The van der Waals surface area contributed by atoms with Crippen LogP contribution in [0.1, 0.15) is 0 Å². The van der Waals surface area contributed by atoms with Crippen molar-refractivity contribution < 1.29 is 21.6 Å². The zero-order valence-corrected chi connectivity index (χ0v) is 8.35. The average molecular weight is 223 g/mol. The Hall–Kier alpha value is -1.88. The van der Waals surface area contributed by atoms with Gasteiger partial charge in [0.2, 0.25) is 5.27 Å². The highest BCUT2D eigenvalue weighted by atomic mass is 35.5. The van der Waals surface area contributed by atoms with Crippen LogP contribution in [0, 0.1) is 0 Å². The van der Waals surface area contributed by atoms with Crippen molar-refractivity contribution in [3.05, 3.63) is 30.5 Å². The van der Waals surface area contributed by atoms with Crippen molar-refractivity contribution in [2.24, 2.45) is 0 Å². The average Bonchev–Trinajstić information content (AvgIpc) is 2.61. The van der Waals surface area contributed by atoms with E-state index in [9.17, 15) is 0 Å². The van der Waals surface area contributed by atoms with Gasteiger partial charge in [0, 0.05) is 10.5 Å². The van der Waals surface area contributed by atoms with Crippen LogP contribution in [0.3, 0.4) is 0 Å². The van der Waals surface area contributed by atoms with E-state index in [0.29, 0.717) is 5.52 Å². The number of anilines is 1. The van der Waals surface area contributed by atoms with Gasteiger partial charge in [0.1, 0.15) is 10.8 Å². The third-order valence-corrected chi connectivity index (χ3v) is 2.17. The molecule has 6 heteroatoms. The summed E-state index contributed by atoms with van der Waals surface area (Å²) in [6.07, 6.45) is 1.73. The number of fused-ring (bicyclic) bond motifs is 3. The molecule has 15 heavy (non-hydrogen) atoms. The smallest absolute Gasteiger partial charge is 0.341 e. The number of benzene rings is 1. The van der Waals surface area contributed by atoms with Gasteiger partial charge >= 0.3 is 11.4 Å². The molecule has 0 amide bonds. The van der Waals surface area contributed by atoms with Gasteiger partial charge in [0.25, 0.3) is 0 Å². The summed E-state index contributed by atoms with van der Waals surface area (Å²) in [5.41, 5.74) is 6.36. The Morgan fingerprint density at radius 2 is 2.07 bits per heavy atom. The summed E-state index contributed by atoms with van der Waals surface area (Å²) in [5.74, 6) is 0.286. The normalized spacial score (nSPS) is 10.4. The summed E-state index contributed by atoms with van der Waals surface area (Å²) in [6, 6.07) is 7.81. The number of nitrogens with two attached hydrogens (primary N) is 1. The predicted octanol–water partition coefficient (Wildman–Crippen LogP) is -2.45. The lowest BCUT2D eigenvalue weighted by Gasteiger charge is -1.89. The van der Waals surface area contributed by atoms with Crippen LogP contribution < -0.4 is 22.8 Å². The second-order valence-corrected chi connectivity index (χ2v) is 3.01. The summed E-state index contributed by atoms with van der Waals surface area (Å²) in [7, 11) is 0. The molecule has 76 valence electrons. The second-order valence-electron chi connectivity index (χ2n) is 3.01. The molecule has 0 saturated carbocycles. The van der Waals surface area contributed by atoms with E-state index in [1.165, 1.54) is 4.63 Å². The zero-order chi connectivity index (χ0) is 9.54. The number of nitrogen functional groups attached to an aromatic ring is 1. The maximum absolute atomic E-state index is 5.65. The lowest BCUT2D eigenvalue weighted by molar-refractivity contribution is -0.655. The van der Waals surface area contributed by atoms with E-state index < -0.39 is 0 Å². The van der Waals surface area contributed by atoms with Crippen LogP contribution in [0.25, 0.3) is 16.3 Å². The molecule has 0 saturated heterocycles. The number of rotatable bonds is 0. The van der Waals surface area contributed by atoms with E-state index >= 15 is 0 Å². The quantitative estimate of drug-likeness (QED) is 0.429. The molecule has 0 aliphatic carbocycles. The molecular weight excluding hydrogens is 216 g/mol. The molecule has 0 bridgehead atoms. The molecular formula is C9H7ClN4O. The van der Waals surface area contributed by atoms with E-state index in [2.05, 4.69) is 10.4 Å². The molecule has 5 nitrogen and oxygen atoms in total. The molecule has 1 aromatic carbocycles. The first-order valence-electron chi connectivity index (χ1n) is 4.17. The van der Waals surface area contributed by atoms with Gasteiger partial charge in [0.05, 0.1) is 5.39 Å². The van der Waals surface area contributed by atoms with Crippen molar-refractivity contribution in [3.8, 4) is 0 Å². The van der Waals surface area contributed by atoms with Gasteiger partial charge < -0.3 is 18.1 Å². The summed E-state index contributed by atoms with van der Waals surface area (Å²) in [4.78, 5) is 0. The molecule has 2 heterocycles. The number of nitrogens with zero attached hydrogens (tertiary/aromatic N) is 3. The summed E-state index contributed by atoms with van der Waals surface area (Å²) < 4.78 is 6.24. The first-order valence-corrected chi connectivity index (χ1v) is 4.17. The minimum absolute atomic E-state index is 0. The van der Waals surface area contributed by atoms with E-state index in [1.54, 1.807) is 6.20 Å². The Morgan fingerprint density at radius 1 is 1.27 bits per heavy atom. The Bertz CT molecular complexity index is 622. The lowest BCUT2D eigenvalue weighted by Crippen LogP contribution is -3.00. The Labute approximate surface area is 90.9 Å². The van der Waals surface area contributed by atoms with Gasteiger partial charge in [-0.1, -0.05) is 18.2 Å². The van der Waals surface area contributed by atoms with Gasteiger partial charge in [-0.3, -0.25) is 4.52 Å². The molecule has 2 aromatic heterocycles. The fourth-order valence-corrected chi connectivity index (χ4v) is 1.53. The van der Waals surface area contributed by atoms with Crippen molar-refractivity contribution in [1.82, 2.24) is 10.4 Å². The molecule has 0 fully saturated rings. The Balaban J connectivity index is 0.000000853. The van der Waals surface area contributed by atoms with Gasteiger partial charge in [-0.2, -0.15) is 0 Å². The summed E-state index contributed by atoms with van der Waals surface area (Å²) in [6.45, 7) is 0. The second kappa shape index (κ2) is 3.36. The highest BCUT2D eigenvalue weighted by Crippen LogP contribution is 2.19. The van der Waals surface area contributed by atoms with E-state index in [4.69, 9.17) is 10.3 Å². The van der Waals surface area contributed by atoms with E-state index in [-0.39, 0.29) is 18.3 Å². The first-order chi connectivity index (χ1) is 6.86. The topological polar surface area (TPSA) is 69.0 Å². The Kier molecular flexibility index (Phi) is 2.17. The summed E-state index contributed by atoms with van der Waals surface area (Å²) in [5, 5.41) is 9.74. The van der Waals surface area contributed by atoms with Crippen LogP contribution in [-0.4, -0.2) is 10.4 Å². The molecule has 0 aliphatic rings. The highest BCUT2D eigenvalue weighted by Gasteiger charge is 2.18. The SMILES string of the molecule is Nc1on[n+]2ncc3ccccc3c12.[Cl-]. The standard InChI is InChI=1S/C9H7N4O.ClH/c10-9-8-7-4-2-1-3-6(7)5-11-13(8)12-14-9;/h1-5H,10H2;1H/q+1;/p-1. The fourth-order valence-electron chi connectivity index (χ4n) is 1.53. The number of halogens is 1. The third-order valence-electron chi connectivity index (χ3n) is 2.17. The molecule has 0 spiro atoms. The summed E-state index contributed by atoms with van der Waals surface area (Å²) >= 11 is 0. The lowest BCUT2D eigenvalue weighted by atomic mass is 10.2. The molecule has 2 N–H and O–H groups in total. The highest BCUT2D eigenvalue weighted by molar-refractivity contribution is 5.96. The van der Waals surface area contributed by atoms with Crippen LogP contribution in [0.2, 0.25) is 0 Å². The van der Waals surface area contributed by atoms with Crippen molar-refractivity contribution >= 4 is 22.2 Å². The number of hydrogen-bond donors (Lipinski definition) is 1. The van der Waals surface area contributed by atoms with Gasteiger partial charge in [-0.15, -0.1) is 0 Å². The first kappa shape index (κ1) is 9.67. The van der Waals surface area contributed by atoms with Crippen molar-refractivity contribution in [1.29, 1.82) is 0 Å². The van der Waals surface area contributed by atoms with Crippen molar-refractivity contribution in [2.75, 3.05) is 5.73 Å². The monoisotopic (exact) mass is 222 g/mol. The van der Waals surface area contributed by atoms with E-state index in [1.807, 2.05) is 24.3 Å². The minimum Gasteiger partial charge on any atom is -1.00 e. The number of hydrogen-bond acceptors (Lipinski definition) is 4. The molecule has 0 atom stereocenters. The van der Waals surface area contributed by atoms with E-state index in [0.717, 1.165) is 10.8 Å². The molecule has 0 radical (unpaired) electrons. The largest absolute Gasteiger partial charge is 1.00 e. The van der Waals surface area contributed by atoms with Crippen molar-refractivity contribution in [2.45, 2.75) is 0 Å². The van der Waals surface area contributed by atoms with Gasteiger partial charge in [-0.25, -0.2) is 0 Å². The maximum Gasteiger partial charge on any atom is 0.341 e. The number of aromatic nitrogens is 3. The molecule has 3 aromatic rings. The van der Waals surface area contributed by atoms with Crippen LogP contribution in [0.5, 0.6) is 0 Å². The van der Waals surface area contributed by atoms with Gasteiger partial charge in [-0.05, 0) is 6.07 Å². The van der Waals surface area contributed by atoms with Crippen molar-refractivity contribution in [3.63, 3.8) is 0 Å². The predicted molar refractivity (Wildman–Crippen MR) is 49.4 cm³/mol. The van der Waals surface area contributed by atoms with Crippen LogP contribution in [0.4, 0.5) is 5.88 Å². The maximum atomic E-state index is 5.65. The molecule has 0 unspecified atom stereocenters. The zero-order valence-electron chi connectivity index (χ0n) is 7.59. The Morgan fingerprint density at radius 3 is 2.93 bits per heavy atom. The third kappa shape index (κ3) is 1.28. The molecule has 3 rings (SSSR count). The fraction of sp³-hybridized carbons (Fsp3) is 0. The minimum atomic E-state index is 0. The van der Waals surface area contributed by atoms with Crippen LogP contribution in [-0.2, 0) is 0 Å². The molecule has 0 aliphatic heterocycles.